The van der Waals surface area contributed by atoms with Gasteiger partial charge in [-0.05, 0) is 52.0 Å². The van der Waals surface area contributed by atoms with Gasteiger partial charge >= 0.3 is 0 Å². The fourth-order valence-electron chi connectivity index (χ4n) is 3.40. The van der Waals surface area contributed by atoms with Crippen molar-refractivity contribution in [1.82, 2.24) is 10.6 Å². The minimum atomic E-state index is 0.0551. The Morgan fingerprint density at radius 3 is 2.27 bits per heavy atom. The Morgan fingerprint density at radius 1 is 1.00 bits per heavy atom. The van der Waals surface area contributed by atoms with E-state index >= 15 is 0 Å². The number of hydrogen-bond donors (Lipinski definition) is 5. The summed E-state index contributed by atoms with van der Waals surface area (Å²) < 4.78 is 0. The van der Waals surface area contributed by atoms with Gasteiger partial charge < -0.3 is 22.5 Å². The first-order valence-corrected chi connectivity index (χ1v) is 9.25. The first-order chi connectivity index (χ1) is 10.5. The van der Waals surface area contributed by atoms with Crippen molar-refractivity contribution in [3.63, 3.8) is 0 Å². The maximum absolute atomic E-state index is 6.28. The van der Waals surface area contributed by atoms with E-state index < -0.39 is 0 Å². The zero-order valence-corrected chi connectivity index (χ0v) is 14.7. The van der Waals surface area contributed by atoms with Crippen molar-refractivity contribution < 1.29 is 0 Å². The summed E-state index contributed by atoms with van der Waals surface area (Å²) in [5.74, 6) is 0.894. The number of nitrogens with two attached hydrogens (primary N) is 3. The average molecular weight is 314 g/mol. The van der Waals surface area contributed by atoms with Crippen LogP contribution in [0.25, 0.3) is 0 Å². The average Bonchev–Trinajstić information content (AvgIpc) is 2.48. The normalized spacial score (nSPS) is 22.2. The van der Waals surface area contributed by atoms with Gasteiger partial charge in [-0.3, -0.25) is 5.32 Å². The van der Waals surface area contributed by atoms with Crippen LogP contribution in [0.1, 0.15) is 71.6 Å². The summed E-state index contributed by atoms with van der Waals surface area (Å²) in [4.78, 5) is 0. The maximum Gasteiger partial charge on any atom is 0.0549 e. The van der Waals surface area contributed by atoms with Crippen molar-refractivity contribution in [3.8, 4) is 0 Å². The predicted octanol–water partition coefficient (Wildman–Crippen LogP) is 1.61. The third-order valence-electron chi connectivity index (χ3n) is 4.83. The molecular formula is C17H39N5. The van der Waals surface area contributed by atoms with Crippen molar-refractivity contribution >= 4 is 0 Å². The van der Waals surface area contributed by atoms with Crippen LogP contribution >= 0.6 is 0 Å². The number of rotatable bonds is 11. The van der Waals surface area contributed by atoms with E-state index in [0.717, 1.165) is 31.7 Å². The van der Waals surface area contributed by atoms with E-state index in [9.17, 15) is 0 Å². The van der Waals surface area contributed by atoms with Gasteiger partial charge in [0.05, 0.1) is 12.3 Å². The van der Waals surface area contributed by atoms with Crippen LogP contribution in [0.2, 0.25) is 0 Å². The zero-order valence-electron chi connectivity index (χ0n) is 14.7. The second kappa shape index (κ2) is 11.4. The lowest BCUT2D eigenvalue weighted by Gasteiger charge is -2.28. The predicted molar refractivity (Wildman–Crippen MR) is 95.2 cm³/mol. The lowest BCUT2D eigenvalue weighted by molar-refractivity contribution is 0.294. The van der Waals surface area contributed by atoms with Gasteiger partial charge in [-0.25, -0.2) is 0 Å². The SMILES string of the molecule is CC(N)NCCCC(NC(N)CCC1CCCCC1)C(C)N. The quantitative estimate of drug-likeness (QED) is 0.295. The van der Waals surface area contributed by atoms with E-state index in [0.29, 0.717) is 0 Å². The largest absolute Gasteiger partial charge is 0.327 e. The molecule has 0 aromatic rings. The molecule has 1 fully saturated rings. The van der Waals surface area contributed by atoms with E-state index in [1.54, 1.807) is 0 Å². The van der Waals surface area contributed by atoms with Gasteiger partial charge in [0.25, 0.3) is 0 Å². The summed E-state index contributed by atoms with van der Waals surface area (Å²) in [6, 6.07) is 0.410. The molecule has 0 aliphatic heterocycles. The van der Waals surface area contributed by atoms with Gasteiger partial charge in [0.1, 0.15) is 0 Å². The Labute approximate surface area is 137 Å². The highest BCUT2D eigenvalue weighted by Gasteiger charge is 2.18. The molecule has 5 nitrogen and oxygen atoms in total. The second-order valence-electron chi connectivity index (χ2n) is 7.21. The highest BCUT2D eigenvalue weighted by Crippen LogP contribution is 2.27. The molecule has 0 heterocycles. The first kappa shape index (κ1) is 19.8. The molecule has 0 amide bonds. The van der Waals surface area contributed by atoms with Gasteiger partial charge in [0.2, 0.25) is 0 Å². The summed E-state index contributed by atoms with van der Waals surface area (Å²) in [7, 11) is 0. The Kier molecular flexibility index (Phi) is 10.2. The van der Waals surface area contributed by atoms with E-state index in [-0.39, 0.29) is 24.4 Å². The van der Waals surface area contributed by atoms with E-state index in [1.807, 2.05) is 6.92 Å². The zero-order chi connectivity index (χ0) is 16.4. The molecule has 0 aromatic carbocycles. The molecule has 0 saturated heterocycles. The third kappa shape index (κ3) is 9.06. The highest BCUT2D eigenvalue weighted by atomic mass is 15.1. The molecule has 5 heteroatoms. The summed E-state index contributed by atoms with van der Waals surface area (Å²) in [5, 5.41) is 6.78. The van der Waals surface area contributed by atoms with E-state index in [2.05, 4.69) is 17.6 Å². The highest BCUT2D eigenvalue weighted by molar-refractivity contribution is 4.79. The standard InChI is InChI=1S/C17H39N5/c1-13(18)16(9-6-12-21-14(2)19)22-17(20)11-10-15-7-4-3-5-8-15/h13-17,21-22H,3-12,18-20H2,1-2H3. The molecule has 0 spiro atoms. The van der Waals surface area contributed by atoms with Gasteiger partial charge in [-0.1, -0.05) is 32.1 Å². The van der Waals surface area contributed by atoms with E-state index in [1.165, 1.54) is 38.5 Å². The van der Waals surface area contributed by atoms with Crippen LogP contribution in [0, 0.1) is 5.92 Å². The molecule has 1 rings (SSSR count). The molecule has 4 atom stereocenters. The minimum Gasteiger partial charge on any atom is -0.327 e. The van der Waals surface area contributed by atoms with Crippen LogP contribution in [0.5, 0.6) is 0 Å². The fraction of sp³-hybridized carbons (Fsp3) is 1.00. The van der Waals surface area contributed by atoms with Crippen molar-refractivity contribution in [2.45, 2.75) is 96.1 Å². The summed E-state index contributed by atoms with van der Waals surface area (Å²) in [6.45, 7) is 4.95. The topological polar surface area (TPSA) is 102 Å². The lowest BCUT2D eigenvalue weighted by atomic mass is 9.86. The van der Waals surface area contributed by atoms with Crippen molar-refractivity contribution in [2.75, 3.05) is 6.54 Å². The minimum absolute atomic E-state index is 0.0551. The number of nitrogens with one attached hydrogen (secondary N) is 2. The Hall–Kier alpha value is -0.200. The molecule has 8 N–H and O–H groups in total. The molecule has 4 unspecified atom stereocenters. The van der Waals surface area contributed by atoms with Crippen LogP contribution < -0.4 is 27.8 Å². The third-order valence-corrected chi connectivity index (χ3v) is 4.83. The van der Waals surface area contributed by atoms with Crippen LogP contribution in [-0.2, 0) is 0 Å². The summed E-state index contributed by atoms with van der Waals surface area (Å²) in [6.07, 6.45) is 11.6. The molecule has 1 saturated carbocycles. The van der Waals surface area contributed by atoms with Crippen molar-refractivity contribution in [1.29, 1.82) is 0 Å². The lowest BCUT2D eigenvalue weighted by Crippen LogP contribution is -2.51. The molecule has 1 aliphatic rings. The molecular weight excluding hydrogens is 274 g/mol. The molecule has 22 heavy (non-hydrogen) atoms. The van der Waals surface area contributed by atoms with Gasteiger partial charge in [0, 0.05) is 12.1 Å². The molecule has 0 aromatic heterocycles. The fourth-order valence-corrected chi connectivity index (χ4v) is 3.40. The van der Waals surface area contributed by atoms with Gasteiger partial charge in [0.15, 0.2) is 0 Å². The summed E-state index contributed by atoms with van der Waals surface area (Å²) >= 11 is 0. The van der Waals surface area contributed by atoms with Crippen LogP contribution in [0.3, 0.4) is 0 Å². The second-order valence-corrected chi connectivity index (χ2v) is 7.21. The van der Waals surface area contributed by atoms with Crippen LogP contribution in [0.15, 0.2) is 0 Å². The van der Waals surface area contributed by atoms with Gasteiger partial charge in [-0.2, -0.15) is 0 Å². The van der Waals surface area contributed by atoms with Crippen molar-refractivity contribution in [3.05, 3.63) is 0 Å². The Morgan fingerprint density at radius 2 is 1.68 bits per heavy atom. The van der Waals surface area contributed by atoms with Gasteiger partial charge in [-0.15, -0.1) is 0 Å². The number of hydrogen-bond acceptors (Lipinski definition) is 5. The molecule has 0 radical (unpaired) electrons. The molecule has 0 bridgehead atoms. The smallest absolute Gasteiger partial charge is 0.0549 e. The first-order valence-electron chi connectivity index (χ1n) is 9.25. The summed E-state index contributed by atoms with van der Waals surface area (Å²) in [5.41, 5.74) is 18.1. The monoisotopic (exact) mass is 313 g/mol. The van der Waals surface area contributed by atoms with E-state index in [4.69, 9.17) is 17.2 Å². The van der Waals surface area contributed by atoms with Crippen molar-refractivity contribution in [2.24, 2.45) is 23.1 Å². The molecule has 1 aliphatic carbocycles. The maximum atomic E-state index is 6.28. The van der Waals surface area contributed by atoms with Crippen LogP contribution in [-0.4, -0.2) is 31.0 Å². The van der Waals surface area contributed by atoms with Crippen LogP contribution in [0.4, 0.5) is 0 Å². The Balaban J connectivity index is 2.19. The Bertz CT molecular complexity index is 264. The molecule has 132 valence electrons.